The molecule has 1 atom stereocenters. The molecule has 0 fully saturated rings. The Labute approximate surface area is 136 Å². The number of para-hydroxylation sites is 2. The molecule has 4 nitrogen and oxygen atoms in total. The average molecular weight is 307 g/mol. The summed E-state index contributed by atoms with van der Waals surface area (Å²) < 4.78 is 2.19. The number of hydrogen-bond acceptors (Lipinski definition) is 2. The molecule has 1 amide bonds. The number of carbonyl (C=O) groups is 1. The molecule has 0 aliphatic heterocycles. The van der Waals surface area contributed by atoms with Gasteiger partial charge < -0.3 is 9.88 Å². The lowest BCUT2D eigenvalue weighted by atomic mass is 10.2. The predicted molar refractivity (Wildman–Crippen MR) is 92.1 cm³/mol. The number of imidazole rings is 1. The number of aromatic nitrogens is 2. The molecule has 0 bridgehead atoms. The fraction of sp³-hybridized carbons (Fsp3) is 0.263. The van der Waals surface area contributed by atoms with Crippen molar-refractivity contribution in [3.63, 3.8) is 0 Å². The Morgan fingerprint density at radius 1 is 1.13 bits per heavy atom. The van der Waals surface area contributed by atoms with Gasteiger partial charge in [0, 0.05) is 13.0 Å². The molecule has 0 radical (unpaired) electrons. The summed E-state index contributed by atoms with van der Waals surface area (Å²) in [5.41, 5.74) is 3.26. The molecule has 0 aliphatic carbocycles. The van der Waals surface area contributed by atoms with Crippen LogP contribution in [0.25, 0.3) is 11.0 Å². The van der Waals surface area contributed by atoms with Crippen LogP contribution in [0.3, 0.4) is 0 Å². The monoisotopic (exact) mass is 307 g/mol. The van der Waals surface area contributed by atoms with Gasteiger partial charge >= 0.3 is 0 Å². The van der Waals surface area contributed by atoms with Gasteiger partial charge in [-0.1, -0.05) is 49.4 Å². The average Bonchev–Trinajstić information content (AvgIpc) is 2.94. The van der Waals surface area contributed by atoms with E-state index in [1.807, 2.05) is 50.2 Å². The highest BCUT2D eigenvalue weighted by molar-refractivity contribution is 5.78. The van der Waals surface area contributed by atoms with E-state index in [9.17, 15) is 4.79 Å². The SMILES string of the molecule is CCC(=O)N[C@@H](C)c1nc2ccccc2n1Cc1ccccc1. The molecule has 4 heteroatoms. The lowest BCUT2D eigenvalue weighted by Gasteiger charge is -2.16. The Bertz CT molecular complexity index is 808. The fourth-order valence-electron chi connectivity index (χ4n) is 2.76. The van der Waals surface area contributed by atoms with E-state index in [0.29, 0.717) is 6.42 Å². The summed E-state index contributed by atoms with van der Waals surface area (Å²) in [5.74, 6) is 0.924. The molecule has 1 N–H and O–H groups in total. The molecule has 0 unspecified atom stereocenters. The summed E-state index contributed by atoms with van der Waals surface area (Å²) in [6.45, 7) is 4.58. The van der Waals surface area contributed by atoms with E-state index < -0.39 is 0 Å². The van der Waals surface area contributed by atoms with Crippen LogP contribution in [-0.4, -0.2) is 15.5 Å². The van der Waals surface area contributed by atoms with Crippen LogP contribution < -0.4 is 5.32 Å². The molecule has 0 aliphatic rings. The summed E-state index contributed by atoms with van der Waals surface area (Å²) in [6, 6.07) is 18.3. The van der Waals surface area contributed by atoms with Gasteiger partial charge in [-0.2, -0.15) is 0 Å². The number of carbonyl (C=O) groups excluding carboxylic acids is 1. The Morgan fingerprint density at radius 3 is 2.57 bits per heavy atom. The van der Waals surface area contributed by atoms with Gasteiger partial charge in [0.05, 0.1) is 17.1 Å². The Balaban J connectivity index is 2.02. The third-order valence-electron chi connectivity index (χ3n) is 3.95. The highest BCUT2D eigenvalue weighted by Gasteiger charge is 2.17. The molecule has 3 aromatic rings. The maximum absolute atomic E-state index is 11.7. The highest BCUT2D eigenvalue weighted by atomic mass is 16.1. The van der Waals surface area contributed by atoms with Crippen molar-refractivity contribution < 1.29 is 4.79 Å². The first-order valence-corrected chi connectivity index (χ1v) is 7.97. The number of benzene rings is 2. The Kier molecular flexibility index (Phi) is 4.42. The van der Waals surface area contributed by atoms with E-state index in [1.165, 1.54) is 5.56 Å². The van der Waals surface area contributed by atoms with Crippen molar-refractivity contribution in [2.24, 2.45) is 0 Å². The van der Waals surface area contributed by atoms with Crippen LogP contribution in [0, 0.1) is 0 Å². The number of amides is 1. The molecular formula is C19H21N3O. The first-order valence-electron chi connectivity index (χ1n) is 7.97. The zero-order valence-corrected chi connectivity index (χ0v) is 13.5. The van der Waals surface area contributed by atoms with Gasteiger partial charge in [-0.3, -0.25) is 4.79 Å². The molecule has 0 saturated heterocycles. The maximum atomic E-state index is 11.7. The smallest absolute Gasteiger partial charge is 0.220 e. The molecule has 1 heterocycles. The molecular weight excluding hydrogens is 286 g/mol. The van der Waals surface area contributed by atoms with Gasteiger partial charge in [-0.15, -0.1) is 0 Å². The van der Waals surface area contributed by atoms with Crippen LogP contribution in [0.15, 0.2) is 54.6 Å². The third kappa shape index (κ3) is 3.26. The van der Waals surface area contributed by atoms with Crippen LogP contribution in [-0.2, 0) is 11.3 Å². The van der Waals surface area contributed by atoms with Crippen molar-refractivity contribution in [1.82, 2.24) is 14.9 Å². The number of nitrogens with zero attached hydrogens (tertiary/aromatic N) is 2. The van der Waals surface area contributed by atoms with Crippen LogP contribution in [0.2, 0.25) is 0 Å². The molecule has 0 spiro atoms. The second-order valence-corrected chi connectivity index (χ2v) is 5.67. The van der Waals surface area contributed by atoms with Gasteiger partial charge in [0.25, 0.3) is 0 Å². The quantitative estimate of drug-likeness (QED) is 0.781. The summed E-state index contributed by atoms with van der Waals surface area (Å²) in [7, 11) is 0. The van der Waals surface area contributed by atoms with Crippen LogP contribution in [0.5, 0.6) is 0 Å². The van der Waals surface area contributed by atoms with Gasteiger partial charge in [0.15, 0.2) is 0 Å². The van der Waals surface area contributed by atoms with Gasteiger partial charge in [-0.05, 0) is 24.6 Å². The second kappa shape index (κ2) is 6.65. The normalized spacial score (nSPS) is 12.3. The lowest BCUT2D eigenvalue weighted by Crippen LogP contribution is -2.28. The number of hydrogen-bond donors (Lipinski definition) is 1. The van der Waals surface area contributed by atoms with Crippen molar-refractivity contribution in [3.05, 3.63) is 66.0 Å². The van der Waals surface area contributed by atoms with Crippen LogP contribution in [0.4, 0.5) is 0 Å². The van der Waals surface area contributed by atoms with E-state index in [2.05, 4.69) is 28.1 Å². The fourth-order valence-corrected chi connectivity index (χ4v) is 2.76. The highest BCUT2D eigenvalue weighted by Crippen LogP contribution is 2.22. The molecule has 3 rings (SSSR count). The molecule has 0 saturated carbocycles. The summed E-state index contributed by atoms with van der Waals surface area (Å²) in [4.78, 5) is 16.5. The largest absolute Gasteiger partial charge is 0.346 e. The first-order chi connectivity index (χ1) is 11.2. The van der Waals surface area contributed by atoms with Crippen molar-refractivity contribution in [2.75, 3.05) is 0 Å². The first kappa shape index (κ1) is 15.3. The zero-order valence-electron chi connectivity index (χ0n) is 13.5. The van der Waals surface area contributed by atoms with Crippen molar-refractivity contribution >= 4 is 16.9 Å². The number of rotatable bonds is 5. The van der Waals surface area contributed by atoms with E-state index >= 15 is 0 Å². The van der Waals surface area contributed by atoms with Crippen molar-refractivity contribution in [1.29, 1.82) is 0 Å². The minimum atomic E-state index is -0.126. The molecule has 118 valence electrons. The number of nitrogens with one attached hydrogen (secondary N) is 1. The minimum absolute atomic E-state index is 0.0378. The second-order valence-electron chi connectivity index (χ2n) is 5.67. The summed E-state index contributed by atoms with van der Waals surface area (Å²) in [5, 5.41) is 3.01. The van der Waals surface area contributed by atoms with Crippen LogP contribution >= 0.6 is 0 Å². The van der Waals surface area contributed by atoms with Gasteiger partial charge in [0.2, 0.25) is 5.91 Å². The van der Waals surface area contributed by atoms with E-state index in [4.69, 9.17) is 4.98 Å². The molecule has 2 aromatic carbocycles. The minimum Gasteiger partial charge on any atom is -0.346 e. The van der Waals surface area contributed by atoms with Crippen molar-refractivity contribution in [2.45, 2.75) is 32.9 Å². The number of fused-ring (bicyclic) bond motifs is 1. The standard InChI is InChI=1S/C19H21N3O/c1-3-18(23)20-14(2)19-21-16-11-7-8-12-17(16)22(19)13-15-9-5-4-6-10-15/h4-12,14H,3,13H2,1-2H3,(H,20,23)/t14-/m0/s1. The van der Waals surface area contributed by atoms with Crippen LogP contribution in [0.1, 0.15) is 37.7 Å². The predicted octanol–water partition coefficient (Wildman–Crippen LogP) is 3.67. The van der Waals surface area contributed by atoms with Gasteiger partial charge in [0.1, 0.15) is 5.82 Å². The maximum Gasteiger partial charge on any atom is 0.220 e. The molecule has 23 heavy (non-hydrogen) atoms. The van der Waals surface area contributed by atoms with Gasteiger partial charge in [-0.25, -0.2) is 4.98 Å². The Hall–Kier alpha value is -2.62. The summed E-state index contributed by atoms with van der Waals surface area (Å²) in [6.07, 6.45) is 0.475. The van der Waals surface area contributed by atoms with E-state index in [0.717, 1.165) is 23.4 Å². The van der Waals surface area contributed by atoms with E-state index in [1.54, 1.807) is 0 Å². The lowest BCUT2D eigenvalue weighted by molar-refractivity contribution is -0.121. The molecule has 1 aromatic heterocycles. The van der Waals surface area contributed by atoms with E-state index in [-0.39, 0.29) is 11.9 Å². The third-order valence-corrected chi connectivity index (χ3v) is 3.95. The zero-order chi connectivity index (χ0) is 16.2. The van der Waals surface area contributed by atoms with Crippen molar-refractivity contribution in [3.8, 4) is 0 Å². The Morgan fingerprint density at radius 2 is 1.83 bits per heavy atom. The topological polar surface area (TPSA) is 46.9 Å². The summed E-state index contributed by atoms with van der Waals surface area (Å²) >= 11 is 0.